The van der Waals surface area contributed by atoms with Gasteiger partial charge < -0.3 is 15.4 Å². The molecule has 0 spiro atoms. The summed E-state index contributed by atoms with van der Waals surface area (Å²) in [5.74, 6) is -0.428. The first-order valence-corrected chi connectivity index (χ1v) is 11.2. The Hall–Kier alpha value is -3.19. The number of cyclic esters (lactones) is 1. The minimum absolute atomic E-state index is 0.0671. The number of hydrogen-bond acceptors (Lipinski definition) is 5. The van der Waals surface area contributed by atoms with Gasteiger partial charge in [0.1, 0.15) is 6.04 Å². The van der Waals surface area contributed by atoms with E-state index in [1.165, 1.54) is 0 Å². The van der Waals surface area contributed by atoms with E-state index in [0.29, 0.717) is 12.2 Å². The lowest BCUT2D eigenvalue weighted by Gasteiger charge is -2.34. The Morgan fingerprint density at radius 2 is 1.62 bits per heavy atom. The second kappa shape index (κ2) is 10.4. The van der Waals surface area contributed by atoms with Gasteiger partial charge in [0.25, 0.3) is 5.91 Å². The lowest BCUT2D eigenvalue weighted by molar-refractivity contribution is -0.142. The minimum atomic E-state index is -0.419. The van der Waals surface area contributed by atoms with Crippen LogP contribution in [0.15, 0.2) is 60.7 Å². The average Bonchev–Trinajstić information content (AvgIpc) is 3.26. The maximum atomic E-state index is 12.9. The third kappa shape index (κ3) is 5.53. The van der Waals surface area contributed by atoms with E-state index in [2.05, 4.69) is 15.5 Å². The molecule has 2 fully saturated rings. The van der Waals surface area contributed by atoms with Crippen LogP contribution in [0.4, 0.5) is 0 Å². The highest BCUT2D eigenvalue weighted by molar-refractivity contribution is 5.94. The molecule has 2 aromatic rings. The van der Waals surface area contributed by atoms with Crippen molar-refractivity contribution >= 4 is 17.8 Å². The van der Waals surface area contributed by atoms with Crippen LogP contribution in [0.5, 0.6) is 0 Å². The molecular weight excluding hydrogens is 406 g/mol. The third-order valence-electron chi connectivity index (χ3n) is 6.18. The zero-order valence-electron chi connectivity index (χ0n) is 18.0. The first-order valence-electron chi connectivity index (χ1n) is 11.2. The van der Waals surface area contributed by atoms with E-state index >= 15 is 0 Å². The Bertz CT molecular complexity index is 927. The molecule has 0 saturated carbocycles. The smallest absolute Gasteiger partial charge is 0.323 e. The van der Waals surface area contributed by atoms with Crippen LogP contribution in [-0.4, -0.2) is 54.5 Å². The van der Waals surface area contributed by atoms with Crippen molar-refractivity contribution in [1.29, 1.82) is 0 Å². The molecule has 2 amide bonds. The summed E-state index contributed by atoms with van der Waals surface area (Å²) in [4.78, 5) is 39.5. The van der Waals surface area contributed by atoms with Gasteiger partial charge in [0, 0.05) is 31.1 Å². The number of nitrogens with one attached hydrogen (secondary N) is 2. The van der Waals surface area contributed by atoms with E-state index in [1.807, 2.05) is 48.5 Å². The van der Waals surface area contributed by atoms with E-state index < -0.39 is 6.04 Å². The van der Waals surface area contributed by atoms with Crippen LogP contribution in [0.25, 0.3) is 0 Å². The molecule has 0 bridgehead atoms. The second-order valence-corrected chi connectivity index (χ2v) is 8.36. The Kier molecular flexibility index (Phi) is 7.17. The van der Waals surface area contributed by atoms with Gasteiger partial charge in [0.15, 0.2) is 0 Å². The highest BCUT2D eigenvalue weighted by atomic mass is 16.5. The molecule has 2 unspecified atom stereocenters. The van der Waals surface area contributed by atoms with Crippen LogP contribution < -0.4 is 10.6 Å². The molecule has 0 aliphatic carbocycles. The van der Waals surface area contributed by atoms with Crippen LogP contribution in [0.2, 0.25) is 0 Å². The number of hydrogen-bond donors (Lipinski definition) is 2. The number of carbonyl (C=O) groups excluding carboxylic acids is 3. The molecule has 32 heavy (non-hydrogen) atoms. The number of nitrogens with zero attached hydrogens (tertiary/aromatic N) is 1. The van der Waals surface area contributed by atoms with Gasteiger partial charge in [0.2, 0.25) is 5.91 Å². The number of amides is 2. The molecule has 4 rings (SSSR count). The van der Waals surface area contributed by atoms with Crippen LogP contribution >= 0.6 is 0 Å². The lowest BCUT2D eigenvalue weighted by Crippen LogP contribution is -2.49. The molecule has 0 radical (unpaired) electrons. The zero-order chi connectivity index (χ0) is 22.3. The number of rotatable bonds is 7. The fourth-order valence-corrected chi connectivity index (χ4v) is 4.41. The van der Waals surface area contributed by atoms with Gasteiger partial charge in [0.05, 0.1) is 19.1 Å². The third-order valence-corrected chi connectivity index (χ3v) is 6.18. The van der Waals surface area contributed by atoms with E-state index in [-0.39, 0.29) is 36.3 Å². The van der Waals surface area contributed by atoms with Gasteiger partial charge in [-0.1, -0.05) is 48.5 Å². The molecule has 2 N–H and O–H groups in total. The predicted molar refractivity (Wildman–Crippen MR) is 120 cm³/mol. The van der Waals surface area contributed by atoms with Gasteiger partial charge in [-0.2, -0.15) is 0 Å². The average molecular weight is 436 g/mol. The van der Waals surface area contributed by atoms with Gasteiger partial charge in [-0.3, -0.25) is 19.3 Å². The predicted octanol–water partition coefficient (Wildman–Crippen LogP) is 2.44. The first-order chi connectivity index (χ1) is 15.6. The summed E-state index contributed by atoms with van der Waals surface area (Å²) in [6.45, 7) is 2.02. The van der Waals surface area contributed by atoms with Crippen LogP contribution in [0.1, 0.15) is 47.6 Å². The van der Waals surface area contributed by atoms with Gasteiger partial charge >= 0.3 is 5.97 Å². The van der Waals surface area contributed by atoms with Crippen molar-refractivity contribution in [3.8, 4) is 0 Å². The van der Waals surface area contributed by atoms with E-state index in [9.17, 15) is 14.4 Å². The van der Waals surface area contributed by atoms with Crippen molar-refractivity contribution in [3.63, 3.8) is 0 Å². The van der Waals surface area contributed by atoms with E-state index in [0.717, 1.165) is 37.9 Å². The molecule has 168 valence electrons. The van der Waals surface area contributed by atoms with Gasteiger partial charge in [-0.25, -0.2) is 0 Å². The number of likely N-dealkylation sites (tertiary alicyclic amines) is 1. The number of carbonyl (C=O) groups is 3. The number of benzene rings is 2. The molecule has 2 aliphatic heterocycles. The Balaban J connectivity index is 1.33. The molecular formula is C25H29N3O4. The molecule has 7 nitrogen and oxygen atoms in total. The summed E-state index contributed by atoms with van der Waals surface area (Å²) in [5, 5.41) is 6.13. The van der Waals surface area contributed by atoms with Crippen LogP contribution in [-0.2, 0) is 14.3 Å². The topological polar surface area (TPSA) is 87.7 Å². The van der Waals surface area contributed by atoms with Crippen molar-refractivity contribution in [2.24, 2.45) is 0 Å². The number of piperidine rings is 1. The summed E-state index contributed by atoms with van der Waals surface area (Å²) in [6.07, 6.45) is 2.50. The van der Waals surface area contributed by atoms with Crippen molar-refractivity contribution in [2.75, 3.05) is 19.7 Å². The van der Waals surface area contributed by atoms with E-state index in [1.54, 1.807) is 12.1 Å². The first kappa shape index (κ1) is 22.0. The lowest BCUT2D eigenvalue weighted by atomic mass is 10.00. The fraction of sp³-hybridized carbons (Fsp3) is 0.400. The van der Waals surface area contributed by atoms with Crippen molar-refractivity contribution in [3.05, 3.63) is 71.8 Å². The Morgan fingerprint density at radius 1 is 0.969 bits per heavy atom. The molecule has 2 heterocycles. The summed E-state index contributed by atoms with van der Waals surface area (Å²) in [5.41, 5.74) is 1.45. The molecule has 7 heteroatoms. The summed E-state index contributed by atoms with van der Waals surface area (Å²) >= 11 is 0. The largest absolute Gasteiger partial charge is 0.464 e. The van der Waals surface area contributed by atoms with Crippen LogP contribution in [0.3, 0.4) is 0 Å². The highest BCUT2D eigenvalue weighted by Gasteiger charge is 2.34. The summed E-state index contributed by atoms with van der Waals surface area (Å²) < 4.78 is 5.07. The molecule has 0 aromatic heterocycles. The normalized spacial score (nSPS) is 20.4. The second-order valence-electron chi connectivity index (χ2n) is 8.36. The van der Waals surface area contributed by atoms with Gasteiger partial charge in [-0.05, 0) is 30.5 Å². The van der Waals surface area contributed by atoms with Crippen LogP contribution in [0, 0.1) is 0 Å². The SMILES string of the molecule is O=C(CC(NC(=O)c1ccccc1)c1ccccc1)NC1CCN(C2CCOC2=O)CC1. The van der Waals surface area contributed by atoms with Crippen molar-refractivity contribution in [2.45, 2.75) is 43.8 Å². The quantitative estimate of drug-likeness (QED) is 0.653. The van der Waals surface area contributed by atoms with Crippen molar-refractivity contribution in [1.82, 2.24) is 15.5 Å². The number of ether oxygens (including phenoxy) is 1. The highest BCUT2D eigenvalue weighted by Crippen LogP contribution is 2.21. The molecule has 2 aliphatic rings. The number of esters is 1. The zero-order valence-corrected chi connectivity index (χ0v) is 18.0. The van der Waals surface area contributed by atoms with Gasteiger partial charge in [-0.15, -0.1) is 0 Å². The standard InChI is InChI=1S/C25H29N3O4/c29-23(26-20-11-14-28(15-12-20)22-13-16-32-25(22)31)17-21(18-7-3-1-4-8-18)27-24(30)19-9-5-2-6-10-19/h1-10,20-22H,11-17H2,(H,26,29)(H,27,30). The molecule has 2 saturated heterocycles. The minimum Gasteiger partial charge on any atom is -0.464 e. The Labute approximate surface area is 188 Å². The van der Waals surface area contributed by atoms with Crippen molar-refractivity contribution < 1.29 is 19.1 Å². The monoisotopic (exact) mass is 435 g/mol. The summed E-state index contributed by atoms with van der Waals surface area (Å²) in [7, 11) is 0. The maximum absolute atomic E-state index is 12.9. The fourth-order valence-electron chi connectivity index (χ4n) is 4.41. The molecule has 2 atom stereocenters. The molecule has 2 aromatic carbocycles. The Morgan fingerprint density at radius 3 is 2.25 bits per heavy atom. The summed E-state index contributed by atoms with van der Waals surface area (Å²) in [6, 6.07) is 18.1. The van der Waals surface area contributed by atoms with E-state index in [4.69, 9.17) is 4.74 Å². The maximum Gasteiger partial charge on any atom is 0.323 e.